The molecule has 92 valence electrons. The minimum atomic E-state index is -6.91. The number of rotatable bonds is 2. The van der Waals surface area contributed by atoms with Crippen molar-refractivity contribution < 1.29 is 43.5 Å². The lowest BCUT2D eigenvalue weighted by molar-refractivity contribution is -0.243. The van der Waals surface area contributed by atoms with Crippen LogP contribution in [0.5, 0.6) is 0 Å². The monoisotopic (exact) mass is 267 g/mol. The van der Waals surface area contributed by atoms with Crippen molar-refractivity contribution in [3.05, 3.63) is 0 Å². The van der Waals surface area contributed by atoms with Crippen molar-refractivity contribution >= 4 is 10.0 Å². The van der Waals surface area contributed by atoms with E-state index in [0.717, 1.165) is 0 Å². The lowest BCUT2D eigenvalue weighted by atomic mass is 10.7. The molecule has 0 saturated carbocycles. The van der Waals surface area contributed by atoms with Gasteiger partial charge in [-0.1, -0.05) is 0 Å². The molecule has 0 aromatic rings. The highest BCUT2D eigenvalue weighted by atomic mass is 32.2. The van der Waals surface area contributed by atoms with Crippen molar-refractivity contribution in [1.82, 2.24) is 4.72 Å². The number of nitrogens with one attached hydrogen (secondary N) is 1. The second-order valence-electron chi connectivity index (χ2n) is 2.12. The van der Waals surface area contributed by atoms with Crippen molar-refractivity contribution in [2.24, 2.45) is 0 Å². The van der Waals surface area contributed by atoms with Crippen LogP contribution in [0.3, 0.4) is 0 Å². The van der Waals surface area contributed by atoms with Crippen LogP contribution >= 0.6 is 0 Å². The highest BCUT2D eigenvalue weighted by Crippen LogP contribution is 2.40. The van der Waals surface area contributed by atoms with Crippen molar-refractivity contribution in [3.63, 3.8) is 0 Å². The normalized spacial score (nSPS) is 15.5. The van der Waals surface area contributed by atoms with Gasteiger partial charge in [0.25, 0.3) is 10.0 Å². The second-order valence-corrected chi connectivity index (χ2v) is 3.84. The van der Waals surface area contributed by atoms with Crippen molar-refractivity contribution in [2.75, 3.05) is 0 Å². The zero-order chi connectivity index (χ0) is 12.7. The van der Waals surface area contributed by atoms with Crippen LogP contribution < -0.4 is 4.72 Å². The third kappa shape index (κ3) is 3.15. The van der Waals surface area contributed by atoms with Crippen molar-refractivity contribution in [2.45, 2.75) is 17.7 Å². The molecule has 3 nitrogen and oxygen atoms in total. The lowest BCUT2D eigenvalue weighted by Gasteiger charge is -2.20. The van der Waals surface area contributed by atoms with E-state index < -0.39 is 32.5 Å². The summed E-state index contributed by atoms with van der Waals surface area (Å²) in [7, 11) is -6.91. The number of hydrogen-bond donors (Lipinski definition) is 1. The molecule has 12 heteroatoms. The van der Waals surface area contributed by atoms with Crippen LogP contribution in [0.1, 0.15) is 0 Å². The average Bonchev–Trinajstić information content (AvgIpc) is 1.77. The summed E-state index contributed by atoms with van der Waals surface area (Å²) in [4.78, 5) is 0. The van der Waals surface area contributed by atoms with Crippen LogP contribution in [0.25, 0.3) is 0 Å². The predicted molar refractivity (Wildman–Crippen MR) is 29.1 cm³/mol. The molecule has 0 aliphatic heterocycles. The zero-order valence-corrected chi connectivity index (χ0v) is 7.06. The maximum absolute atomic E-state index is 12.0. The van der Waals surface area contributed by atoms with E-state index in [9.17, 15) is 43.5 Å². The summed E-state index contributed by atoms with van der Waals surface area (Å²) in [6.45, 7) is 0. The fourth-order valence-corrected chi connectivity index (χ4v) is 1.11. The van der Waals surface area contributed by atoms with E-state index in [2.05, 4.69) is 0 Å². The van der Waals surface area contributed by atoms with E-state index in [1.54, 1.807) is 0 Å². The highest BCUT2D eigenvalue weighted by molar-refractivity contribution is 7.90. The standard InChI is InChI=1S/C3HF8NO2S/c4-1(5,6)2(7,8)15(13,14)12-3(9,10)11/h12H. The van der Waals surface area contributed by atoms with E-state index in [1.165, 1.54) is 0 Å². The Morgan fingerprint density at radius 3 is 1.33 bits per heavy atom. The van der Waals surface area contributed by atoms with E-state index in [4.69, 9.17) is 0 Å². The fraction of sp³-hybridized carbons (Fsp3) is 1.00. The van der Waals surface area contributed by atoms with Crippen LogP contribution in [0.15, 0.2) is 0 Å². The van der Waals surface area contributed by atoms with Crippen LogP contribution in [-0.4, -0.2) is 26.1 Å². The molecule has 0 amide bonds. The molecule has 0 atom stereocenters. The van der Waals surface area contributed by atoms with Gasteiger partial charge in [0.2, 0.25) is 0 Å². The summed E-state index contributed by atoms with van der Waals surface area (Å²) >= 11 is 0. The van der Waals surface area contributed by atoms with Gasteiger partial charge in [-0.3, -0.25) is 0 Å². The molecule has 0 aliphatic rings. The smallest absolute Gasteiger partial charge is 0.205 e. The first kappa shape index (κ1) is 14.3. The molecule has 0 bridgehead atoms. The molecule has 0 saturated heterocycles. The van der Waals surface area contributed by atoms with E-state index in [0.29, 0.717) is 0 Å². The van der Waals surface area contributed by atoms with Gasteiger partial charge in [-0.25, -0.2) is 8.42 Å². The molecule has 0 aromatic heterocycles. The quantitative estimate of drug-likeness (QED) is 0.610. The molecular formula is C3HF8NO2S. The third-order valence-corrected chi connectivity index (χ3v) is 2.32. The number of hydrogen-bond acceptors (Lipinski definition) is 2. The van der Waals surface area contributed by atoms with E-state index in [1.807, 2.05) is 0 Å². The first-order valence-electron chi connectivity index (χ1n) is 2.75. The van der Waals surface area contributed by atoms with Gasteiger partial charge >= 0.3 is 17.7 Å². The largest absolute Gasteiger partial charge is 0.470 e. The highest BCUT2D eigenvalue weighted by Gasteiger charge is 2.69. The SMILES string of the molecule is O=S(=O)(NC(F)(F)F)C(F)(F)C(F)(F)F. The Hall–Kier alpha value is -0.650. The minimum Gasteiger partial charge on any atom is -0.205 e. The number of alkyl halides is 8. The third-order valence-electron chi connectivity index (χ3n) is 0.918. The van der Waals surface area contributed by atoms with Gasteiger partial charge in [-0.15, -0.1) is 4.72 Å². The maximum Gasteiger partial charge on any atom is 0.470 e. The summed E-state index contributed by atoms with van der Waals surface area (Å²) in [5, 5.41) is -6.52. The Labute approximate surface area is 77.1 Å². The summed E-state index contributed by atoms with van der Waals surface area (Å²) in [5.74, 6) is 0. The minimum absolute atomic E-state index is 0.755. The van der Waals surface area contributed by atoms with Gasteiger partial charge in [0.1, 0.15) is 0 Å². The van der Waals surface area contributed by atoms with E-state index >= 15 is 0 Å². The van der Waals surface area contributed by atoms with Gasteiger partial charge < -0.3 is 0 Å². The second kappa shape index (κ2) is 3.43. The first-order valence-corrected chi connectivity index (χ1v) is 4.24. The average molecular weight is 267 g/mol. The summed E-state index contributed by atoms with van der Waals surface area (Å²) in [5.41, 5.74) is 0. The van der Waals surface area contributed by atoms with Gasteiger partial charge in [-0.2, -0.15) is 35.1 Å². The van der Waals surface area contributed by atoms with Crippen LogP contribution in [0.2, 0.25) is 0 Å². The number of sulfonamides is 1. The van der Waals surface area contributed by atoms with Crippen LogP contribution in [0.4, 0.5) is 35.1 Å². The first-order chi connectivity index (χ1) is 6.21. The summed E-state index contributed by atoms with van der Waals surface area (Å²) < 4.78 is 111. The number of halogens is 8. The molecular weight excluding hydrogens is 266 g/mol. The molecule has 0 aromatic carbocycles. The molecule has 0 rings (SSSR count). The lowest BCUT2D eigenvalue weighted by Crippen LogP contribution is -2.53. The molecule has 0 aliphatic carbocycles. The van der Waals surface area contributed by atoms with E-state index in [-0.39, 0.29) is 0 Å². The fourth-order valence-electron chi connectivity index (χ4n) is 0.369. The Morgan fingerprint density at radius 1 is 0.800 bits per heavy atom. The van der Waals surface area contributed by atoms with Gasteiger partial charge in [0.15, 0.2) is 0 Å². The maximum atomic E-state index is 12.0. The molecule has 0 spiro atoms. The van der Waals surface area contributed by atoms with Gasteiger partial charge in [0.05, 0.1) is 0 Å². The Morgan fingerprint density at radius 2 is 1.13 bits per heavy atom. The van der Waals surface area contributed by atoms with Gasteiger partial charge in [-0.05, 0) is 0 Å². The summed E-state index contributed by atoms with van der Waals surface area (Å²) in [6, 6.07) is 0. The van der Waals surface area contributed by atoms with Crippen molar-refractivity contribution in [1.29, 1.82) is 0 Å². The zero-order valence-electron chi connectivity index (χ0n) is 6.25. The molecule has 1 N–H and O–H groups in total. The predicted octanol–water partition coefficient (Wildman–Crippen LogP) is 1.58. The van der Waals surface area contributed by atoms with Crippen molar-refractivity contribution in [3.8, 4) is 0 Å². The Kier molecular flexibility index (Phi) is 3.29. The van der Waals surface area contributed by atoms with Gasteiger partial charge in [0, 0.05) is 0 Å². The molecule has 0 unspecified atom stereocenters. The summed E-state index contributed by atoms with van der Waals surface area (Å²) in [6.07, 6.45) is -12.5. The Balaban J connectivity index is 5.24. The molecule has 0 heterocycles. The molecule has 0 fully saturated rings. The molecule has 15 heavy (non-hydrogen) atoms. The molecule has 0 radical (unpaired) electrons. The van der Waals surface area contributed by atoms with Crippen LogP contribution in [-0.2, 0) is 10.0 Å². The topological polar surface area (TPSA) is 46.2 Å². The Bertz CT molecular complexity index is 325. The van der Waals surface area contributed by atoms with Crippen LogP contribution in [0, 0.1) is 0 Å².